The Kier molecular flexibility index (Phi) is 4.18. The van der Waals surface area contributed by atoms with Gasteiger partial charge in [-0.25, -0.2) is 0 Å². The number of hydrogen-bond donors (Lipinski definition) is 2. The van der Waals surface area contributed by atoms with Crippen molar-refractivity contribution >= 4 is 17.5 Å². The number of carbonyl (C=O) groups excluding carboxylic acids is 1. The lowest BCUT2D eigenvalue weighted by atomic mass is 10.0. The first kappa shape index (κ1) is 15.1. The quantitative estimate of drug-likeness (QED) is 0.913. The molecule has 1 amide bonds. The molecule has 2 N–H and O–H groups in total. The van der Waals surface area contributed by atoms with Gasteiger partial charge in [-0.1, -0.05) is 23.7 Å². The number of H-pyrrole nitrogens is 1. The zero-order valence-corrected chi connectivity index (χ0v) is 13.0. The third kappa shape index (κ3) is 3.00. The summed E-state index contributed by atoms with van der Waals surface area (Å²) in [6, 6.07) is 9.07. The molecule has 5 nitrogen and oxygen atoms in total. The number of amides is 1. The third-order valence-electron chi connectivity index (χ3n) is 4.14. The lowest BCUT2D eigenvalue weighted by Crippen LogP contribution is -2.30. The molecule has 3 rings (SSSR count). The van der Waals surface area contributed by atoms with Crippen LogP contribution in [0.25, 0.3) is 11.3 Å². The molecular weight excluding hydrogens is 302 g/mol. The monoisotopic (exact) mass is 319 g/mol. The summed E-state index contributed by atoms with van der Waals surface area (Å²) in [4.78, 5) is 14.2. The van der Waals surface area contributed by atoms with Gasteiger partial charge in [-0.05, 0) is 31.5 Å². The number of aromatic nitrogens is 2. The van der Waals surface area contributed by atoms with Crippen LogP contribution in [-0.2, 0) is 0 Å². The minimum absolute atomic E-state index is 0.0733. The summed E-state index contributed by atoms with van der Waals surface area (Å²) in [6.07, 6.45) is 0.450. The van der Waals surface area contributed by atoms with Crippen LogP contribution in [0.1, 0.15) is 23.8 Å². The maximum Gasteiger partial charge on any atom is 0.271 e. The molecule has 22 heavy (non-hydrogen) atoms. The fraction of sp³-hybridized carbons (Fsp3) is 0.375. The molecular formula is C16H18ClN3O2. The summed E-state index contributed by atoms with van der Waals surface area (Å²) < 4.78 is 0. The van der Waals surface area contributed by atoms with Crippen LogP contribution in [0.3, 0.4) is 0 Å². The van der Waals surface area contributed by atoms with Crippen molar-refractivity contribution in [2.45, 2.75) is 19.4 Å². The van der Waals surface area contributed by atoms with Crippen LogP contribution in [0.4, 0.5) is 0 Å². The summed E-state index contributed by atoms with van der Waals surface area (Å²) in [5, 5.41) is 17.3. The van der Waals surface area contributed by atoms with Gasteiger partial charge < -0.3 is 10.0 Å². The van der Waals surface area contributed by atoms with Crippen molar-refractivity contribution in [2.75, 3.05) is 13.1 Å². The number of benzene rings is 1. The minimum Gasteiger partial charge on any atom is -0.393 e. The van der Waals surface area contributed by atoms with E-state index in [-0.39, 0.29) is 17.9 Å². The molecule has 0 saturated carbocycles. The molecule has 2 unspecified atom stereocenters. The maximum atomic E-state index is 12.5. The second-order valence-electron chi connectivity index (χ2n) is 5.71. The minimum atomic E-state index is -0.385. The lowest BCUT2D eigenvalue weighted by Gasteiger charge is -2.16. The number of nitrogens with one attached hydrogen (secondary N) is 1. The molecule has 0 spiro atoms. The smallest absolute Gasteiger partial charge is 0.271 e. The van der Waals surface area contributed by atoms with Gasteiger partial charge in [0.05, 0.1) is 11.8 Å². The summed E-state index contributed by atoms with van der Waals surface area (Å²) in [5.41, 5.74) is 2.09. The Morgan fingerprint density at radius 2 is 2.18 bits per heavy atom. The highest BCUT2D eigenvalue weighted by atomic mass is 35.5. The zero-order chi connectivity index (χ0) is 15.7. The van der Waals surface area contributed by atoms with Crippen LogP contribution >= 0.6 is 11.6 Å². The summed E-state index contributed by atoms with van der Waals surface area (Å²) in [6.45, 7) is 3.03. The first-order chi connectivity index (χ1) is 10.5. The molecule has 1 aliphatic rings. The second-order valence-corrected chi connectivity index (χ2v) is 6.15. The van der Waals surface area contributed by atoms with E-state index in [1.165, 1.54) is 0 Å². The maximum absolute atomic E-state index is 12.5. The van der Waals surface area contributed by atoms with E-state index in [0.29, 0.717) is 29.5 Å². The van der Waals surface area contributed by atoms with E-state index < -0.39 is 0 Å². The van der Waals surface area contributed by atoms with Crippen molar-refractivity contribution in [3.63, 3.8) is 0 Å². The first-order valence-corrected chi connectivity index (χ1v) is 7.71. The average molecular weight is 320 g/mol. The zero-order valence-electron chi connectivity index (χ0n) is 12.3. The molecule has 0 bridgehead atoms. The Bertz CT molecular complexity index is 666. The number of nitrogens with zero attached hydrogens (tertiary/aromatic N) is 2. The van der Waals surface area contributed by atoms with Crippen molar-refractivity contribution in [1.82, 2.24) is 15.1 Å². The molecule has 1 aromatic heterocycles. The molecule has 0 aliphatic carbocycles. The molecule has 2 heterocycles. The van der Waals surface area contributed by atoms with Crippen LogP contribution in [-0.4, -0.2) is 45.3 Å². The Morgan fingerprint density at radius 1 is 1.45 bits per heavy atom. The van der Waals surface area contributed by atoms with Gasteiger partial charge in [0.2, 0.25) is 0 Å². The van der Waals surface area contributed by atoms with Crippen molar-refractivity contribution in [3.05, 3.63) is 41.0 Å². The van der Waals surface area contributed by atoms with E-state index in [1.807, 2.05) is 12.1 Å². The van der Waals surface area contributed by atoms with E-state index in [4.69, 9.17) is 11.6 Å². The first-order valence-electron chi connectivity index (χ1n) is 7.33. The van der Waals surface area contributed by atoms with Gasteiger partial charge in [0.15, 0.2) is 0 Å². The van der Waals surface area contributed by atoms with E-state index in [1.54, 1.807) is 30.0 Å². The van der Waals surface area contributed by atoms with Gasteiger partial charge in [-0.3, -0.25) is 9.89 Å². The number of rotatable bonds is 3. The Labute approximate surface area is 133 Å². The van der Waals surface area contributed by atoms with Crippen LogP contribution in [0.15, 0.2) is 30.3 Å². The number of hydrogen-bond acceptors (Lipinski definition) is 3. The molecule has 1 aliphatic heterocycles. The van der Waals surface area contributed by atoms with E-state index in [0.717, 1.165) is 12.0 Å². The number of carbonyl (C=O) groups is 1. The Hall–Kier alpha value is -1.85. The number of aromatic amines is 1. The fourth-order valence-corrected chi connectivity index (χ4v) is 2.86. The van der Waals surface area contributed by atoms with E-state index in [9.17, 15) is 9.90 Å². The van der Waals surface area contributed by atoms with E-state index >= 15 is 0 Å². The van der Waals surface area contributed by atoms with Crippen LogP contribution in [0.5, 0.6) is 0 Å². The summed E-state index contributed by atoms with van der Waals surface area (Å²) in [7, 11) is 0. The van der Waals surface area contributed by atoms with Crippen LogP contribution < -0.4 is 0 Å². The summed E-state index contributed by atoms with van der Waals surface area (Å²) >= 11 is 5.87. The van der Waals surface area contributed by atoms with Crippen molar-refractivity contribution in [3.8, 4) is 11.3 Å². The highest BCUT2D eigenvalue weighted by Crippen LogP contribution is 2.23. The predicted octanol–water partition coefficient (Wildman–Crippen LogP) is 2.57. The molecule has 1 aromatic carbocycles. The van der Waals surface area contributed by atoms with Gasteiger partial charge in [0.1, 0.15) is 5.69 Å². The molecule has 1 fully saturated rings. The number of aliphatic hydroxyl groups is 1. The van der Waals surface area contributed by atoms with Gasteiger partial charge in [0, 0.05) is 29.6 Å². The highest BCUT2D eigenvalue weighted by Gasteiger charge is 2.30. The second kappa shape index (κ2) is 6.10. The molecule has 0 radical (unpaired) electrons. The molecule has 116 valence electrons. The number of halogens is 1. The van der Waals surface area contributed by atoms with Crippen LogP contribution in [0.2, 0.25) is 5.02 Å². The third-order valence-corrected chi connectivity index (χ3v) is 4.39. The topological polar surface area (TPSA) is 69.2 Å². The van der Waals surface area contributed by atoms with Gasteiger partial charge in [-0.2, -0.15) is 5.10 Å². The van der Waals surface area contributed by atoms with Gasteiger partial charge >= 0.3 is 0 Å². The molecule has 6 heteroatoms. The Morgan fingerprint density at radius 3 is 2.82 bits per heavy atom. The van der Waals surface area contributed by atoms with Gasteiger partial charge in [0.25, 0.3) is 5.91 Å². The fourth-order valence-electron chi connectivity index (χ4n) is 2.74. The van der Waals surface area contributed by atoms with Crippen molar-refractivity contribution < 1.29 is 9.90 Å². The van der Waals surface area contributed by atoms with Crippen molar-refractivity contribution in [1.29, 1.82) is 0 Å². The number of likely N-dealkylation sites (tertiary alicyclic amines) is 1. The highest BCUT2D eigenvalue weighted by molar-refractivity contribution is 6.30. The normalized spacial score (nSPS) is 19.4. The molecule has 2 atom stereocenters. The average Bonchev–Trinajstić information content (AvgIpc) is 3.17. The number of aliphatic hydroxyl groups excluding tert-OH is 1. The SMILES string of the molecule is CC(O)C1CCN(C(=O)c2cc(-c3ccc(Cl)cc3)n[nH]2)C1. The largest absolute Gasteiger partial charge is 0.393 e. The van der Waals surface area contributed by atoms with Crippen molar-refractivity contribution in [2.24, 2.45) is 5.92 Å². The lowest BCUT2D eigenvalue weighted by molar-refractivity contribution is 0.0757. The van der Waals surface area contributed by atoms with E-state index in [2.05, 4.69) is 10.2 Å². The summed E-state index contributed by atoms with van der Waals surface area (Å²) in [5.74, 6) is 0.0819. The standard InChI is InChI=1S/C16H18ClN3O2/c1-10(21)12-6-7-20(9-12)16(22)15-8-14(18-19-15)11-2-4-13(17)5-3-11/h2-5,8,10,12,21H,6-7,9H2,1H3,(H,18,19). The van der Waals surface area contributed by atoms with Crippen LogP contribution in [0, 0.1) is 5.92 Å². The van der Waals surface area contributed by atoms with Gasteiger partial charge in [-0.15, -0.1) is 0 Å². The predicted molar refractivity (Wildman–Crippen MR) is 84.7 cm³/mol. The Balaban J connectivity index is 1.74. The molecule has 2 aromatic rings. The molecule has 1 saturated heterocycles.